The Balaban J connectivity index is 2.20. The van der Waals surface area contributed by atoms with Crippen LogP contribution in [0.5, 0.6) is 0 Å². The number of rotatable bonds is 5. The molecule has 1 amide bonds. The zero-order valence-electron chi connectivity index (χ0n) is 11.8. The van der Waals surface area contributed by atoms with E-state index >= 15 is 0 Å². The van der Waals surface area contributed by atoms with Crippen LogP contribution in [0.15, 0.2) is 21.6 Å². The lowest BCUT2D eigenvalue weighted by Gasteiger charge is -2.28. The molecule has 1 fully saturated rings. The number of hydrogen-bond donors (Lipinski definition) is 1. The van der Waals surface area contributed by atoms with Crippen LogP contribution < -0.4 is 5.73 Å². The van der Waals surface area contributed by atoms with Crippen LogP contribution in [0.25, 0.3) is 0 Å². The first-order chi connectivity index (χ1) is 9.04. The number of amides is 1. The number of carbonyl (C=O) groups is 1. The highest BCUT2D eigenvalue weighted by atomic mass is 32.2. The van der Waals surface area contributed by atoms with Gasteiger partial charge < -0.3 is 14.9 Å². The zero-order chi connectivity index (χ0) is 15.2. The number of nitrogens with two attached hydrogens (primary N) is 1. The highest BCUT2D eigenvalue weighted by molar-refractivity contribution is 7.90. The second-order valence-corrected chi connectivity index (χ2v) is 7.98. The zero-order valence-corrected chi connectivity index (χ0v) is 12.6. The van der Waals surface area contributed by atoms with Crippen molar-refractivity contribution < 1.29 is 22.4 Å². The fourth-order valence-electron chi connectivity index (χ4n) is 2.59. The fraction of sp³-hybridized carbons (Fsp3) is 0.615. The molecule has 0 aromatic carbocycles. The lowest BCUT2D eigenvalue weighted by Crippen LogP contribution is -2.34. The van der Waals surface area contributed by atoms with Crippen molar-refractivity contribution in [2.24, 2.45) is 5.73 Å². The van der Waals surface area contributed by atoms with Crippen molar-refractivity contribution in [3.63, 3.8) is 0 Å². The van der Waals surface area contributed by atoms with Gasteiger partial charge >= 0.3 is 6.09 Å². The molecule has 112 valence electrons. The average Bonchev–Trinajstić information content (AvgIpc) is 2.82. The van der Waals surface area contributed by atoms with Gasteiger partial charge in [0.2, 0.25) is 14.9 Å². The topological polar surface area (TPSA) is 99.6 Å². The highest BCUT2D eigenvalue weighted by Crippen LogP contribution is 2.54. The third-order valence-corrected chi connectivity index (χ3v) is 4.41. The largest absolute Gasteiger partial charge is 0.449 e. The molecule has 0 bridgehead atoms. The van der Waals surface area contributed by atoms with Crippen LogP contribution in [0, 0.1) is 0 Å². The van der Waals surface area contributed by atoms with Crippen molar-refractivity contribution in [3.05, 3.63) is 17.9 Å². The molecular formula is C13H19NO5S. The van der Waals surface area contributed by atoms with Crippen LogP contribution in [0.3, 0.4) is 0 Å². The molecule has 0 radical (unpaired) electrons. The maximum Gasteiger partial charge on any atom is 0.405 e. The van der Waals surface area contributed by atoms with Crippen molar-refractivity contribution in [2.45, 2.75) is 49.2 Å². The summed E-state index contributed by atoms with van der Waals surface area (Å²) < 4.78 is 33.4. The van der Waals surface area contributed by atoms with Gasteiger partial charge in [-0.15, -0.1) is 0 Å². The van der Waals surface area contributed by atoms with Crippen LogP contribution in [-0.2, 0) is 20.0 Å². The molecule has 6 nitrogen and oxygen atoms in total. The van der Waals surface area contributed by atoms with Crippen LogP contribution in [0.1, 0.15) is 38.9 Å². The first-order valence-electron chi connectivity index (χ1n) is 6.33. The van der Waals surface area contributed by atoms with Crippen molar-refractivity contribution in [1.82, 2.24) is 0 Å². The molecule has 0 saturated heterocycles. The van der Waals surface area contributed by atoms with Crippen LogP contribution in [0.4, 0.5) is 4.79 Å². The number of ether oxygens (including phenoxy) is 1. The molecule has 1 saturated carbocycles. The van der Waals surface area contributed by atoms with E-state index in [1.165, 1.54) is 6.07 Å². The van der Waals surface area contributed by atoms with Gasteiger partial charge in [-0.2, -0.15) is 0 Å². The summed E-state index contributed by atoms with van der Waals surface area (Å²) in [6.07, 6.45) is 2.57. The van der Waals surface area contributed by atoms with Gasteiger partial charge in [0.25, 0.3) is 0 Å². The first-order valence-corrected chi connectivity index (χ1v) is 8.22. The minimum absolute atomic E-state index is 0.0348. The Bertz CT molecular complexity index is 625. The van der Waals surface area contributed by atoms with E-state index in [1.54, 1.807) is 19.9 Å². The Hall–Kier alpha value is -1.50. The van der Waals surface area contributed by atoms with Gasteiger partial charge in [0, 0.05) is 11.7 Å². The van der Waals surface area contributed by atoms with Gasteiger partial charge in [-0.25, -0.2) is 13.2 Å². The third-order valence-electron chi connectivity index (χ3n) is 3.46. The van der Waals surface area contributed by atoms with E-state index < -0.39 is 21.5 Å². The summed E-state index contributed by atoms with van der Waals surface area (Å²) in [5, 5.41) is -0.0348. The van der Waals surface area contributed by atoms with Crippen molar-refractivity contribution in [2.75, 3.05) is 6.26 Å². The molecule has 0 aliphatic heterocycles. The van der Waals surface area contributed by atoms with Crippen LogP contribution >= 0.6 is 0 Å². The number of hydrogen-bond acceptors (Lipinski definition) is 5. The maximum absolute atomic E-state index is 11.4. The summed E-state index contributed by atoms with van der Waals surface area (Å²) in [5.41, 5.74) is 4.07. The van der Waals surface area contributed by atoms with Crippen LogP contribution in [0.2, 0.25) is 0 Å². The summed E-state index contributed by atoms with van der Waals surface area (Å²) in [6, 6.07) is 3.15. The highest BCUT2D eigenvalue weighted by Gasteiger charge is 2.51. The minimum atomic E-state index is -3.35. The molecule has 1 aliphatic carbocycles. The van der Waals surface area contributed by atoms with Crippen molar-refractivity contribution in [1.29, 1.82) is 0 Å². The van der Waals surface area contributed by atoms with Gasteiger partial charge in [-0.3, -0.25) is 0 Å². The van der Waals surface area contributed by atoms with Gasteiger partial charge in [0.15, 0.2) is 0 Å². The summed E-state index contributed by atoms with van der Waals surface area (Å²) in [6.45, 7) is 3.55. The molecule has 7 heteroatoms. The van der Waals surface area contributed by atoms with E-state index in [2.05, 4.69) is 0 Å². The lowest BCUT2D eigenvalue weighted by atomic mass is 9.89. The van der Waals surface area contributed by atoms with E-state index in [0.29, 0.717) is 12.2 Å². The van der Waals surface area contributed by atoms with E-state index in [9.17, 15) is 13.2 Å². The van der Waals surface area contributed by atoms with E-state index in [1.807, 2.05) is 0 Å². The molecule has 1 aromatic rings. The Morgan fingerprint density at radius 1 is 1.45 bits per heavy atom. The number of carbonyl (C=O) groups excluding carboxylic acids is 1. The predicted octanol–water partition coefficient (Wildman–Crippen LogP) is 1.98. The van der Waals surface area contributed by atoms with Crippen molar-refractivity contribution in [3.8, 4) is 0 Å². The number of primary amides is 1. The standard InChI is InChI=1S/C13H19NO5S/c1-12(2,19-11(14)15)8-13(6-7-13)9-4-5-10(18-9)20(3,16)17/h4-5H,6-8H2,1-3H3,(H2,14,15). The van der Waals surface area contributed by atoms with E-state index in [4.69, 9.17) is 14.9 Å². The smallest absolute Gasteiger partial charge is 0.405 e. The van der Waals surface area contributed by atoms with Gasteiger partial charge in [-0.05, 0) is 45.2 Å². The Morgan fingerprint density at radius 3 is 2.45 bits per heavy atom. The Labute approximate surface area is 118 Å². The summed E-state index contributed by atoms with van der Waals surface area (Å²) >= 11 is 0. The molecule has 20 heavy (non-hydrogen) atoms. The molecular weight excluding hydrogens is 282 g/mol. The molecule has 1 aromatic heterocycles. The van der Waals surface area contributed by atoms with Gasteiger partial charge in [0.05, 0.1) is 0 Å². The first kappa shape index (κ1) is 14.9. The SMILES string of the molecule is CC(C)(CC1(c2ccc(S(C)(=O)=O)o2)CC1)OC(N)=O. The molecule has 0 unspecified atom stereocenters. The predicted molar refractivity (Wildman–Crippen MR) is 72.1 cm³/mol. The number of sulfone groups is 1. The number of furan rings is 1. The van der Waals surface area contributed by atoms with Gasteiger partial charge in [0.1, 0.15) is 11.4 Å². The quantitative estimate of drug-likeness (QED) is 0.896. The molecule has 1 aliphatic rings. The molecule has 2 N–H and O–H groups in total. The second kappa shape index (κ2) is 4.51. The molecule has 0 spiro atoms. The molecule has 0 atom stereocenters. The second-order valence-electron chi connectivity index (χ2n) is 6.03. The van der Waals surface area contributed by atoms with E-state index in [0.717, 1.165) is 19.1 Å². The van der Waals surface area contributed by atoms with Gasteiger partial charge in [-0.1, -0.05) is 0 Å². The normalized spacial score (nSPS) is 17.8. The summed E-state index contributed by atoms with van der Waals surface area (Å²) in [4.78, 5) is 10.9. The molecule has 2 rings (SSSR count). The fourth-order valence-corrected chi connectivity index (χ4v) is 3.15. The summed E-state index contributed by atoms with van der Waals surface area (Å²) in [5.74, 6) is 0.624. The molecule has 1 heterocycles. The average molecular weight is 301 g/mol. The maximum atomic E-state index is 11.4. The minimum Gasteiger partial charge on any atom is -0.449 e. The monoisotopic (exact) mass is 301 g/mol. The van der Waals surface area contributed by atoms with Crippen molar-refractivity contribution >= 4 is 15.9 Å². The third kappa shape index (κ3) is 3.15. The Kier molecular flexibility index (Phi) is 3.36. The Morgan fingerprint density at radius 2 is 2.05 bits per heavy atom. The lowest BCUT2D eigenvalue weighted by molar-refractivity contribution is 0.0291. The van der Waals surface area contributed by atoms with E-state index in [-0.39, 0.29) is 10.5 Å². The van der Waals surface area contributed by atoms with Crippen LogP contribution in [-0.4, -0.2) is 26.4 Å². The summed E-state index contributed by atoms with van der Waals surface area (Å²) in [7, 11) is -3.35.